The summed E-state index contributed by atoms with van der Waals surface area (Å²) in [6.45, 7) is 3.17. The minimum Gasteiger partial charge on any atom is -0.480 e. The fourth-order valence-corrected chi connectivity index (χ4v) is 12.4. The molecule has 438 valence electrons. The number of carboxylic acid groups (broad SMARTS) is 1. The van der Waals surface area contributed by atoms with E-state index in [-0.39, 0.29) is 37.1 Å². The molecule has 6 aliphatic rings. The number of nitrogens with two attached hydrogens (primary N) is 1. The lowest BCUT2D eigenvalue weighted by Crippen LogP contribution is -2.66. The van der Waals surface area contributed by atoms with Crippen LogP contribution in [0.15, 0.2) is 22.8 Å². The highest BCUT2D eigenvalue weighted by Gasteiger charge is 2.67. The van der Waals surface area contributed by atoms with Gasteiger partial charge in [-0.1, -0.05) is 44.8 Å². The van der Waals surface area contributed by atoms with E-state index in [4.69, 9.17) is 5.73 Å². The predicted octanol–water partition coefficient (Wildman–Crippen LogP) is -4.75. The monoisotopic (exact) mass is 1120 g/mol. The zero-order valence-electron chi connectivity index (χ0n) is 45.2. The summed E-state index contributed by atoms with van der Waals surface area (Å²) in [7, 11) is 0. The van der Waals surface area contributed by atoms with Gasteiger partial charge in [-0.3, -0.25) is 47.9 Å². The number of hydrogen-bond donors (Lipinski definition) is 13. The van der Waals surface area contributed by atoms with Gasteiger partial charge in [0.2, 0.25) is 53.2 Å². The van der Waals surface area contributed by atoms with Crippen molar-refractivity contribution in [1.82, 2.24) is 41.3 Å². The second-order valence-electron chi connectivity index (χ2n) is 22.5. The fraction of sp³-hybridized carbons (Fsp3) is 0.712. The fourth-order valence-electron chi connectivity index (χ4n) is 12.4. The van der Waals surface area contributed by atoms with Crippen LogP contribution < -0.4 is 32.3 Å². The number of carbonyl (C=O) groups excluding carboxylic acids is 10. The molecule has 2 saturated carbocycles. The number of nitrogens with one attached hydrogen (secondary N) is 5. The van der Waals surface area contributed by atoms with E-state index in [1.165, 1.54) is 13.8 Å². The van der Waals surface area contributed by atoms with E-state index in [1.54, 1.807) is 26.8 Å². The standard InChI is InChI=1S/C52H77N9O18/c1-25-38-29(41(69)51(5,79)52(25)15-16-52)19-50(3,4)40(38)61(34(13-14-37(53)68)45(73)55-31(22-63)43(71)57-33(24-65)47(75)59-17-9-12-35(59)49(77)78)48(76)39(27-10-7-6-8-11-27)58-44(72)32(23-64)54-42(70)30(21-62)56-46(74)36-18-28(67)20-60(36)26(2)66/h19,27-28,30-36,39-40,62-65,67,79H,6-18,20-24H2,1-5H3,(H2,53,68)(H,54,70)(H,55,73)(H,56,74)(H,57,71)(H,58,72)(H,77,78)/t28-,30+,31+,32+,33+,34+,35+,36+,39+,40-,51+/m1/s1. The van der Waals surface area contributed by atoms with Crippen LogP contribution in [-0.4, -0.2) is 221 Å². The normalized spacial score (nSPS) is 26.4. The average Bonchev–Trinajstić information content (AvgIpc) is 2.82. The largest absolute Gasteiger partial charge is 0.480 e. The van der Waals surface area contributed by atoms with Gasteiger partial charge in [-0.2, -0.15) is 0 Å². The first kappa shape index (κ1) is 61.8. The highest BCUT2D eigenvalue weighted by atomic mass is 16.4. The summed E-state index contributed by atoms with van der Waals surface area (Å²) < 4.78 is 0. The SMILES string of the molecule is CC(=O)N1C[C@H](O)C[C@H]1C(=O)N[C@@H](CO)C(=O)N[C@@H](CO)C(=O)N[C@H](C(=O)N([C@@H](CCC(N)=O)C(=O)N[C@@H](CO)C(=O)N[C@@H](CO)C(=O)N1CCC[C@H]1C(=O)O)[C@@H]1C2=C(C)C3(CC3)[C@@](C)(O)C(=O)C2=CC1(C)C)C1CCCCC1. The number of aliphatic carboxylic acids is 1. The van der Waals surface area contributed by atoms with E-state index in [0.717, 1.165) is 21.1 Å². The third kappa shape index (κ3) is 12.7. The number of carbonyl (C=O) groups is 11. The lowest BCUT2D eigenvalue weighted by Gasteiger charge is -2.47. The maximum absolute atomic E-state index is 16.2. The number of amides is 9. The van der Waals surface area contributed by atoms with E-state index >= 15 is 9.59 Å². The van der Waals surface area contributed by atoms with Gasteiger partial charge >= 0.3 is 5.97 Å². The number of ketones is 1. The molecule has 2 heterocycles. The minimum atomic E-state index is -1.93. The molecular formula is C52H77N9O18. The summed E-state index contributed by atoms with van der Waals surface area (Å²) >= 11 is 0. The summed E-state index contributed by atoms with van der Waals surface area (Å²) in [5, 5.41) is 85.4. The molecule has 0 unspecified atom stereocenters. The zero-order valence-corrected chi connectivity index (χ0v) is 45.2. The summed E-state index contributed by atoms with van der Waals surface area (Å²) in [6, 6.07) is -14.5. The number of fused-ring (bicyclic) bond motifs is 1. The Balaban J connectivity index is 1.39. The Morgan fingerprint density at radius 2 is 1.29 bits per heavy atom. The Morgan fingerprint density at radius 3 is 1.82 bits per heavy atom. The number of β-amino-alcohol motifs (C(OH)–C–C–N with tert-alkyl or cyclic N) is 1. The van der Waals surface area contributed by atoms with Crippen LogP contribution in [0.5, 0.6) is 0 Å². The Morgan fingerprint density at radius 1 is 0.747 bits per heavy atom. The first-order chi connectivity index (χ1) is 37.1. The van der Waals surface area contributed by atoms with Crippen molar-refractivity contribution >= 4 is 64.9 Å². The zero-order chi connectivity index (χ0) is 58.6. The van der Waals surface area contributed by atoms with Crippen molar-refractivity contribution in [2.24, 2.45) is 22.5 Å². The van der Waals surface area contributed by atoms with Gasteiger partial charge in [0.1, 0.15) is 53.9 Å². The van der Waals surface area contributed by atoms with Crippen molar-refractivity contribution in [1.29, 1.82) is 0 Å². The van der Waals surface area contributed by atoms with E-state index in [9.17, 15) is 78.9 Å². The van der Waals surface area contributed by atoms with Gasteiger partial charge in [-0.15, -0.1) is 0 Å². The Labute approximate surface area is 456 Å². The predicted molar refractivity (Wildman–Crippen MR) is 273 cm³/mol. The van der Waals surface area contributed by atoms with E-state index in [0.29, 0.717) is 50.5 Å². The molecule has 2 aliphatic heterocycles. The van der Waals surface area contributed by atoms with Gasteiger partial charge in [0, 0.05) is 49.3 Å². The van der Waals surface area contributed by atoms with Crippen molar-refractivity contribution < 1.29 is 88.5 Å². The van der Waals surface area contributed by atoms with E-state index in [1.807, 2.05) is 0 Å². The molecule has 27 heteroatoms. The lowest BCUT2D eigenvalue weighted by atomic mass is 9.67. The van der Waals surface area contributed by atoms with Crippen LogP contribution in [0.1, 0.15) is 112 Å². The van der Waals surface area contributed by atoms with Crippen molar-refractivity contribution in [2.45, 2.75) is 178 Å². The van der Waals surface area contributed by atoms with E-state index in [2.05, 4.69) is 26.6 Å². The van der Waals surface area contributed by atoms with Crippen molar-refractivity contribution in [3.63, 3.8) is 0 Å². The maximum atomic E-state index is 16.2. The van der Waals surface area contributed by atoms with E-state index < -0.39 is 187 Å². The molecule has 4 fully saturated rings. The molecule has 0 aromatic rings. The molecule has 14 N–H and O–H groups in total. The highest BCUT2D eigenvalue weighted by Crippen LogP contribution is 2.66. The van der Waals surface area contributed by atoms with Crippen LogP contribution in [0.2, 0.25) is 0 Å². The molecule has 0 bridgehead atoms. The third-order valence-electron chi connectivity index (χ3n) is 16.8. The number of rotatable bonds is 23. The smallest absolute Gasteiger partial charge is 0.326 e. The van der Waals surface area contributed by atoms with Gasteiger partial charge < -0.3 is 82.8 Å². The molecule has 6 rings (SSSR count). The topological polar surface area (TPSA) is 425 Å². The summed E-state index contributed by atoms with van der Waals surface area (Å²) in [5.41, 5.74) is 2.25. The molecule has 2 saturated heterocycles. The number of nitrogens with zero attached hydrogens (tertiary/aromatic N) is 3. The van der Waals surface area contributed by atoms with Gasteiger partial charge in [0.25, 0.3) is 0 Å². The maximum Gasteiger partial charge on any atom is 0.326 e. The second-order valence-corrected chi connectivity index (χ2v) is 22.5. The Bertz CT molecular complexity index is 2500. The highest BCUT2D eigenvalue weighted by molar-refractivity contribution is 6.10. The van der Waals surface area contributed by atoms with Gasteiger partial charge in [-0.05, 0) is 70.3 Å². The number of aliphatic hydroxyl groups excluding tert-OH is 5. The number of likely N-dealkylation sites (tertiary alicyclic amines) is 2. The Hall–Kier alpha value is -6.39. The summed E-state index contributed by atoms with van der Waals surface area (Å²) in [6.07, 6.45) is 2.84. The van der Waals surface area contributed by atoms with Crippen LogP contribution >= 0.6 is 0 Å². The summed E-state index contributed by atoms with van der Waals surface area (Å²) in [5.74, 6) is -11.7. The number of Topliss-reactive ketones (excluding diaryl/α,β-unsaturated/α-hetero) is 1. The first-order valence-corrected chi connectivity index (χ1v) is 26.9. The van der Waals surface area contributed by atoms with Crippen LogP contribution in [0, 0.1) is 16.7 Å². The van der Waals surface area contributed by atoms with Crippen LogP contribution in [0.25, 0.3) is 0 Å². The first-order valence-electron chi connectivity index (χ1n) is 26.9. The molecule has 79 heavy (non-hydrogen) atoms. The molecule has 11 atom stereocenters. The molecule has 9 amide bonds. The lowest BCUT2D eigenvalue weighted by molar-refractivity contribution is -0.151. The molecule has 0 radical (unpaired) electrons. The van der Waals surface area contributed by atoms with Gasteiger partial charge in [0.05, 0.1) is 38.6 Å². The molecule has 1 spiro atoms. The number of carboxylic acids is 1. The second kappa shape index (κ2) is 25.0. The van der Waals surface area contributed by atoms with Crippen LogP contribution in [0.3, 0.4) is 0 Å². The van der Waals surface area contributed by atoms with Crippen molar-refractivity contribution in [3.8, 4) is 0 Å². The summed E-state index contributed by atoms with van der Waals surface area (Å²) in [4.78, 5) is 155. The molecule has 0 aromatic heterocycles. The number of hydrogen-bond acceptors (Lipinski definition) is 17. The van der Waals surface area contributed by atoms with Gasteiger partial charge in [0.15, 0.2) is 5.78 Å². The number of primary amides is 1. The number of aliphatic hydroxyl groups is 6. The molecule has 27 nitrogen and oxygen atoms in total. The van der Waals surface area contributed by atoms with Crippen molar-refractivity contribution in [3.05, 3.63) is 22.8 Å². The quantitative estimate of drug-likeness (QED) is 0.0457. The molecular weight excluding hydrogens is 1040 g/mol. The minimum absolute atomic E-state index is 0.000118. The third-order valence-corrected chi connectivity index (χ3v) is 16.8. The molecule has 4 aliphatic carbocycles. The Kier molecular flexibility index (Phi) is 19.5. The van der Waals surface area contributed by atoms with Crippen LogP contribution in [0.4, 0.5) is 0 Å². The molecule has 0 aromatic carbocycles. The van der Waals surface area contributed by atoms with Crippen molar-refractivity contribution in [2.75, 3.05) is 39.5 Å². The van der Waals surface area contributed by atoms with Gasteiger partial charge in [-0.25, -0.2) is 4.79 Å². The average molecular weight is 1120 g/mol. The van der Waals surface area contributed by atoms with Crippen LogP contribution in [-0.2, 0) is 52.7 Å².